The van der Waals surface area contributed by atoms with E-state index >= 15 is 0 Å². The van der Waals surface area contributed by atoms with Crippen molar-refractivity contribution < 1.29 is 4.79 Å². The summed E-state index contributed by atoms with van der Waals surface area (Å²) in [6.45, 7) is 6.82. The van der Waals surface area contributed by atoms with E-state index < -0.39 is 0 Å². The molecule has 0 bridgehead atoms. The van der Waals surface area contributed by atoms with Crippen molar-refractivity contribution >= 4 is 11.6 Å². The predicted molar refractivity (Wildman–Crippen MR) is 98.5 cm³/mol. The van der Waals surface area contributed by atoms with Gasteiger partial charge in [-0.05, 0) is 42.7 Å². The molecule has 130 valence electrons. The van der Waals surface area contributed by atoms with Gasteiger partial charge in [-0.1, -0.05) is 13.5 Å². The number of hydrogen-bond donors (Lipinski definition) is 2. The Morgan fingerprint density at radius 3 is 3.08 bits per heavy atom. The van der Waals surface area contributed by atoms with E-state index in [0.717, 1.165) is 29.7 Å². The van der Waals surface area contributed by atoms with Crippen LogP contribution in [-0.2, 0) is 11.2 Å². The molecular weight excluding hydrogens is 316 g/mol. The smallest absolute Gasteiger partial charge is 0.271 e. The number of carbonyl (C=O) groups excluding carboxylic acids is 1. The summed E-state index contributed by atoms with van der Waals surface area (Å²) in [7, 11) is 0. The van der Waals surface area contributed by atoms with Gasteiger partial charge in [-0.15, -0.1) is 0 Å². The fourth-order valence-corrected chi connectivity index (χ4v) is 3.04. The average Bonchev–Trinajstić information content (AvgIpc) is 3.11. The van der Waals surface area contributed by atoms with E-state index in [4.69, 9.17) is 0 Å². The first kappa shape index (κ1) is 17.0. The molecule has 1 aliphatic rings. The van der Waals surface area contributed by atoms with Crippen LogP contribution in [-0.4, -0.2) is 39.9 Å². The fourth-order valence-electron chi connectivity index (χ4n) is 3.04. The van der Waals surface area contributed by atoms with Gasteiger partial charge in [0.1, 0.15) is 5.69 Å². The minimum absolute atomic E-state index is 0.0592. The van der Waals surface area contributed by atoms with Crippen LogP contribution >= 0.6 is 0 Å². The van der Waals surface area contributed by atoms with E-state index in [9.17, 15) is 9.59 Å². The van der Waals surface area contributed by atoms with Crippen LogP contribution in [0.1, 0.15) is 19.0 Å². The van der Waals surface area contributed by atoms with Crippen LogP contribution in [0, 0.1) is 0 Å². The Balaban J connectivity index is 1.79. The molecule has 2 aromatic heterocycles. The highest BCUT2D eigenvalue weighted by molar-refractivity contribution is 5.87. The summed E-state index contributed by atoms with van der Waals surface area (Å²) in [4.78, 5) is 32.7. The van der Waals surface area contributed by atoms with Crippen LogP contribution in [0.15, 0.2) is 48.0 Å². The number of aromatic nitrogens is 2. The normalized spacial score (nSPS) is 16.7. The zero-order valence-corrected chi connectivity index (χ0v) is 14.3. The molecule has 25 heavy (non-hydrogen) atoms. The Kier molecular flexibility index (Phi) is 4.97. The van der Waals surface area contributed by atoms with Crippen molar-refractivity contribution in [1.29, 1.82) is 0 Å². The van der Waals surface area contributed by atoms with Gasteiger partial charge in [-0.3, -0.25) is 14.6 Å². The standard InChI is InChI=1S/C19H22N4O2/c1-3-15-9-13(5-7-20-15)14-10-17(19(25)21-11-14)22-16-6-8-23(12-16)18(24)4-2/h4-5,7,9-11,16,22H,2-3,6,8,12H2,1H3,(H,21,25)/t16-/m1/s1. The first-order valence-corrected chi connectivity index (χ1v) is 8.46. The van der Waals surface area contributed by atoms with Crippen LogP contribution in [0.2, 0.25) is 0 Å². The Morgan fingerprint density at radius 1 is 1.48 bits per heavy atom. The number of likely N-dealkylation sites (tertiary alicyclic amines) is 1. The molecule has 0 aliphatic carbocycles. The third kappa shape index (κ3) is 3.79. The SMILES string of the molecule is C=CC(=O)N1CC[C@@H](Nc2cc(-c3ccnc(CC)c3)c[nH]c2=O)C1. The van der Waals surface area contributed by atoms with Crippen molar-refractivity contribution in [3.05, 3.63) is 59.3 Å². The van der Waals surface area contributed by atoms with Gasteiger partial charge in [-0.25, -0.2) is 0 Å². The fraction of sp³-hybridized carbons (Fsp3) is 0.316. The molecule has 6 heteroatoms. The number of carbonyl (C=O) groups is 1. The lowest BCUT2D eigenvalue weighted by Gasteiger charge is -2.16. The number of nitrogens with zero attached hydrogens (tertiary/aromatic N) is 2. The first-order chi connectivity index (χ1) is 12.1. The van der Waals surface area contributed by atoms with E-state index in [-0.39, 0.29) is 17.5 Å². The molecule has 1 atom stereocenters. The molecule has 3 heterocycles. The minimum Gasteiger partial charge on any atom is -0.376 e. The molecule has 0 radical (unpaired) electrons. The van der Waals surface area contributed by atoms with Crippen LogP contribution in [0.4, 0.5) is 5.69 Å². The van der Waals surface area contributed by atoms with Crippen molar-refractivity contribution in [3.63, 3.8) is 0 Å². The topological polar surface area (TPSA) is 78.1 Å². The molecule has 3 rings (SSSR count). The predicted octanol–water partition coefficient (Wildman–Crippen LogP) is 2.20. The Morgan fingerprint density at radius 2 is 2.32 bits per heavy atom. The lowest BCUT2D eigenvalue weighted by atomic mass is 10.1. The van der Waals surface area contributed by atoms with Gasteiger partial charge in [0.2, 0.25) is 5.91 Å². The van der Waals surface area contributed by atoms with Gasteiger partial charge in [0.05, 0.1) is 0 Å². The van der Waals surface area contributed by atoms with Gasteiger partial charge in [0.15, 0.2) is 0 Å². The molecule has 1 aliphatic heterocycles. The highest BCUT2D eigenvalue weighted by Crippen LogP contribution is 2.21. The summed E-state index contributed by atoms with van der Waals surface area (Å²) in [6, 6.07) is 5.86. The second kappa shape index (κ2) is 7.34. The van der Waals surface area contributed by atoms with Crippen LogP contribution < -0.4 is 10.9 Å². The van der Waals surface area contributed by atoms with Crippen molar-refractivity contribution in [2.75, 3.05) is 18.4 Å². The monoisotopic (exact) mass is 338 g/mol. The summed E-state index contributed by atoms with van der Waals surface area (Å²) in [5.74, 6) is -0.0733. The van der Waals surface area contributed by atoms with E-state index in [2.05, 4.69) is 28.8 Å². The molecule has 1 fully saturated rings. The van der Waals surface area contributed by atoms with Crippen molar-refractivity contribution in [2.24, 2.45) is 0 Å². The van der Waals surface area contributed by atoms with Gasteiger partial charge in [0, 0.05) is 42.8 Å². The summed E-state index contributed by atoms with van der Waals surface area (Å²) in [5.41, 5.74) is 3.30. The molecule has 2 N–H and O–H groups in total. The maximum absolute atomic E-state index is 12.2. The highest BCUT2D eigenvalue weighted by Gasteiger charge is 2.25. The number of anilines is 1. The molecule has 0 unspecified atom stereocenters. The molecule has 0 spiro atoms. The molecule has 0 saturated carbocycles. The quantitative estimate of drug-likeness (QED) is 0.819. The van der Waals surface area contributed by atoms with E-state index in [1.54, 1.807) is 17.3 Å². The minimum atomic E-state index is -0.165. The molecule has 2 aromatic rings. The number of hydrogen-bond acceptors (Lipinski definition) is 4. The van der Waals surface area contributed by atoms with Crippen LogP contribution in [0.5, 0.6) is 0 Å². The van der Waals surface area contributed by atoms with Crippen molar-refractivity contribution in [1.82, 2.24) is 14.9 Å². The Labute approximate surface area is 146 Å². The van der Waals surface area contributed by atoms with E-state index in [1.165, 1.54) is 6.08 Å². The summed E-state index contributed by atoms with van der Waals surface area (Å²) >= 11 is 0. The van der Waals surface area contributed by atoms with Crippen molar-refractivity contribution in [2.45, 2.75) is 25.8 Å². The molecular formula is C19H22N4O2. The van der Waals surface area contributed by atoms with Gasteiger partial charge in [-0.2, -0.15) is 0 Å². The third-order valence-corrected chi connectivity index (χ3v) is 4.45. The van der Waals surface area contributed by atoms with Gasteiger partial charge in [0.25, 0.3) is 5.56 Å². The first-order valence-electron chi connectivity index (χ1n) is 8.46. The third-order valence-electron chi connectivity index (χ3n) is 4.45. The number of rotatable bonds is 5. The Bertz CT molecular complexity index is 843. The summed E-state index contributed by atoms with van der Waals surface area (Å²) in [5, 5.41) is 3.27. The maximum Gasteiger partial charge on any atom is 0.271 e. The number of H-pyrrole nitrogens is 1. The Hall–Kier alpha value is -2.89. The molecule has 6 nitrogen and oxygen atoms in total. The van der Waals surface area contributed by atoms with E-state index in [0.29, 0.717) is 18.8 Å². The highest BCUT2D eigenvalue weighted by atomic mass is 16.2. The van der Waals surface area contributed by atoms with Crippen LogP contribution in [0.25, 0.3) is 11.1 Å². The molecule has 1 amide bonds. The number of pyridine rings is 2. The zero-order chi connectivity index (χ0) is 17.8. The number of amides is 1. The lowest BCUT2D eigenvalue weighted by molar-refractivity contribution is -0.125. The van der Waals surface area contributed by atoms with Crippen molar-refractivity contribution in [3.8, 4) is 11.1 Å². The average molecular weight is 338 g/mol. The zero-order valence-electron chi connectivity index (χ0n) is 14.3. The number of aryl methyl sites for hydroxylation is 1. The largest absolute Gasteiger partial charge is 0.376 e. The van der Waals surface area contributed by atoms with E-state index in [1.807, 2.05) is 18.2 Å². The summed E-state index contributed by atoms with van der Waals surface area (Å²) < 4.78 is 0. The number of nitrogens with one attached hydrogen (secondary N) is 2. The van der Waals surface area contributed by atoms with Gasteiger partial charge < -0.3 is 15.2 Å². The van der Waals surface area contributed by atoms with Gasteiger partial charge >= 0.3 is 0 Å². The maximum atomic E-state index is 12.2. The second-order valence-corrected chi connectivity index (χ2v) is 6.14. The molecule has 0 aromatic carbocycles. The summed E-state index contributed by atoms with van der Waals surface area (Å²) in [6.07, 6.45) is 6.48. The number of aromatic amines is 1. The van der Waals surface area contributed by atoms with Crippen LogP contribution in [0.3, 0.4) is 0 Å². The second-order valence-electron chi connectivity index (χ2n) is 6.14. The lowest BCUT2D eigenvalue weighted by Crippen LogP contribution is -2.31. The molecule has 1 saturated heterocycles.